The maximum absolute atomic E-state index is 15.4. The van der Waals surface area contributed by atoms with E-state index in [2.05, 4.69) is 43.1 Å². The molecule has 0 bridgehead atoms. The van der Waals surface area contributed by atoms with Crippen molar-refractivity contribution in [2.75, 3.05) is 85.6 Å². The molecule has 40 heavy (non-hydrogen) atoms. The molecule has 0 saturated carbocycles. The van der Waals surface area contributed by atoms with E-state index in [4.69, 9.17) is 5.73 Å². The molecule has 6 heterocycles. The Hall–Kier alpha value is -1.52. The largest absolute Gasteiger partial charge is 0.350 e. The number of carbonyl (C=O) groups is 2. The summed E-state index contributed by atoms with van der Waals surface area (Å²) >= 11 is 0. The number of rotatable bonds is 5. The van der Waals surface area contributed by atoms with Gasteiger partial charge >= 0.3 is 0 Å². The lowest BCUT2D eigenvalue weighted by atomic mass is 9.89. The first-order valence-electron chi connectivity index (χ1n) is 15.0. The summed E-state index contributed by atoms with van der Waals surface area (Å²) in [5, 5.41) is 10.9. The van der Waals surface area contributed by atoms with Crippen LogP contribution in [0.15, 0.2) is 0 Å². The van der Waals surface area contributed by atoms with Crippen molar-refractivity contribution in [1.82, 2.24) is 46.0 Å². The molecule has 0 spiro atoms. The van der Waals surface area contributed by atoms with E-state index in [1.807, 2.05) is 4.90 Å². The molecule has 0 radical (unpaired) electrons. The maximum atomic E-state index is 15.4. The van der Waals surface area contributed by atoms with Crippen molar-refractivity contribution in [3.63, 3.8) is 0 Å². The van der Waals surface area contributed by atoms with Crippen LogP contribution in [0.25, 0.3) is 0 Å². The van der Waals surface area contributed by atoms with Crippen LogP contribution in [0.3, 0.4) is 0 Å². The van der Waals surface area contributed by atoms with Crippen molar-refractivity contribution in [3.05, 3.63) is 0 Å². The van der Waals surface area contributed by atoms with Gasteiger partial charge in [0, 0.05) is 77.4 Å². The molecule has 6 N–H and O–H groups in total. The number of hydrazine groups is 1. The molecule has 0 aliphatic carbocycles. The fourth-order valence-electron chi connectivity index (χ4n) is 7.65. The van der Waals surface area contributed by atoms with Gasteiger partial charge in [-0.1, -0.05) is 0 Å². The average Bonchev–Trinajstić information content (AvgIpc) is 3.26. The summed E-state index contributed by atoms with van der Waals surface area (Å²) in [5.41, 5.74) is 9.22. The number of piperidine rings is 2. The Labute approximate surface area is 235 Å². The lowest BCUT2D eigenvalue weighted by Gasteiger charge is -2.48. The third-order valence-electron chi connectivity index (χ3n) is 9.93. The van der Waals surface area contributed by atoms with Crippen molar-refractivity contribution in [2.45, 2.75) is 55.6 Å². The summed E-state index contributed by atoms with van der Waals surface area (Å²) in [6.45, 7) is 7.94. The van der Waals surface area contributed by atoms with Crippen LogP contribution in [0.5, 0.6) is 0 Å². The van der Waals surface area contributed by atoms with E-state index >= 15 is 4.39 Å². The third-order valence-corrected chi connectivity index (χ3v) is 9.93. The lowest BCUT2D eigenvalue weighted by molar-refractivity contribution is -0.140. The number of nitrogens with one attached hydrogen (secondary N) is 4. The highest BCUT2D eigenvalue weighted by Crippen LogP contribution is 2.27. The highest BCUT2D eigenvalue weighted by atomic mass is 19.1. The van der Waals surface area contributed by atoms with Gasteiger partial charge < -0.3 is 26.2 Å². The topological polar surface area (TPSA) is 124 Å². The Morgan fingerprint density at radius 2 is 1.65 bits per heavy atom. The predicted octanol–water partition coefficient (Wildman–Crippen LogP) is -3.06. The van der Waals surface area contributed by atoms with Crippen molar-refractivity contribution >= 4 is 11.8 Å². The van der Waals surface area contributed by atoms with Crippen LogP contribution in [0, 0.1) is 11.8 Å². The Morgan fingerprint density at radius 3 is 2.35 bits per heavy atom. The quantitative estimate of drug-likeness (QED) is 0.234. The van der Waals surface area contributed by atoms with E-state index in [1.165, 1.54) is 0 Å². The molecule has 2 amide bonds. The van der Waals surface area contributed by atoms with Gasteiger partial charge in [0.2, 0.25) is 11.8 Å². The van der Waals surface area contributed by atoms with Gasteiger partial charge in [0.15, 0.2) is 0 Å². The van der Waals surface area contributed by atoms with Crippen molar-refractivity contribution < 1.29 is 18.4 Å². The first-order valence-corrected chi connectivity index (χ1v) is 15.0. The van der Waals surface area contributed by atoms with E-state index in [0.29, 0.717) is 38.5 Å². The minimum absolute atomic E-state index is 0.0318. The molecule has 0 aromatic carbocycles. The van der Waals surface area contributed by atoms with Crippen LogP contribution in [0.4, 0.5) is 8.78 Å². The van der Waals surface area contributed by atoms with Crippen LogP contribution >= 0.6 is 0 Å². The second kappa shape index (κ2) is 12.0. The minimum atomic E-state index is -1.14. The molecule has 0 aromatic rings. The number of nitrogens with two attached hydrogens (primary N) is 1. The third kappa shape index (κ3) is 5.74. The number of likely N-dealkylation sites (tertiary alicyclic amines) is 2. The Balaban J connectivity index is 1.01. The van der Waals surface area contributed by atoms with E-state index in [1.54, 1.807) is 5.01 Å². The lowest BCUT2D eigenvalue weighted by Crippen LogP contribution is -2.67. The smallest absolute Gasteiger partial charge is 0.229 e. The zero-order chi connectivity index (χ0) is 28.0. The van der Waals surface area contributed by atoms with Crippen LogP contribution in [0.1, 0.15) is 12.8 Å². The predicted molar refractivity (Wildman–Crippen MR) is 145 cm³/mol. The number of carbonyl (C=O) groups excluding carboxylic acids is 2. The molecule has 14 heteroatoms. The molecule has 6 aliphatic heterocycles. The zero-order valence-electron chi connectivity index (χ0n) is 23.5. The SMILES string of the molecule is CN1CC(N2CCN(C(=O)C3CCN(C4C(F)CNCC4NC(=O)C4C(N)NN5CC(F)CNC45)CC3)CC2)C1. The summed E-state index contributed by atoms with van der Waals surface area (Å²) in [5.74, 6) is -0.682. The summed E-state index contributed by atoms with van der Waals surface area (Å²) < 4.78 is 29.2. The molecule has 226 valence electrons. The molecule has 6 saturated heterocycles. The molecular formula is C26H46F2N10O2. The fourth-order valence-corrected chi connectivity index (χ4v) is 7.65. The summed E-state index contributed by atoms with van der Waals surface area (Å²) in [6, 6.07) is -0.277. The first kappa shape index (κ1) is 28.6. The van der Waals surface area contributed by atoms with Gasteiger partial charge in [-0.2, -0.15) is 0 Å². The number of fused-ring (bicyclic) bond motifs is 1. The molecule has 0 aromatic heterocycles. The summed E-state index contributed by atoms with van der Waals surface area (Å²) in [7, 11) is 2.14. The van der Waals surface area contributed by atoms with E-state index in [9.17, 15) is 14.0 Å². The van der Waals surface area contributed by atoms with Crippen molar-refractivity contribution in [1.29, 1.82) is 0 Å². The van der Waals surface area contributed by atoms with Crippen molar-refractivity contribution in [3.8, 4) is 0 Å². The Kier molecular flexibility index (Phi) is 8.58. The number of hydrogen-bond acceptors (Lipinski definition) is 10. The molecule has 7 unspecified atom stereocenters. The van der Waals surface area contributed by atoms with Gasteiger partial charge in [-0.25, -0.2) is 19.2 Å². The van der Waals surface area contributed by atoms with E-state index < -0.39 is 42.7 Å². The van der Waals surface area contributed by atoms with Crippen LogP contribution < -0.4 is 27.1 Å². The number of alkyl halides is 2. The molecule has 6 rings (SSSR count). The van der Waals surface area contributed by atoms with Crippen LogP contribution in [-0.4, -0.2) is 165 Å². The number of nitrogens with zero attached hydrogens (tertiary/aromatic N) is 5. The first-order chi connectivity index (χ1) is 19.3. The van der Waals surface area contributed by atoms with Crippen LogP contribution in [-0.2, 0) is 9.59 Å². The monoisotopic (exact) mass is 568 g/mol. The second-order valence-electron chi connectivity index (χ2n) is 12.6. The van der Waals surface area contributed by atoms with Gasteiger partial charge in [0.25, 0.3) is 0 Å². The second-order valence-corrected chi connectivity index (χ2v) is 12.6. The zero-order valence-corrected chi connectivity index (χ0v) is 23.5. The number of hydrogen-bond donors (Lipinski definition) is 5. The molecule has 6 aliphatic rings. The highest BCUT2D eigenvalue weighted by molar-refractivity contribution is 5.81. The summed E-state index contributed by atoms with van der Waals surface area (Å²) in [6.07, 6.45) is -1.84. The normalized spacial score (nSPS) is 39.6. The summed E-state index contributed by atoms with van der Waals surface area (Å²) in [4.78, 5) is 35.7. The highest BCUT2D eigenvalue weighted by Gasteiger charge is 2.49. The number of piperazine rings is 1. The van der Waals surface area contributed by atoms with Crippen LogP contribution in [0.2, 0.25) is 0 Å². The molecular weight excluding hydrogens is 522 g/mol. The molecule has 12 nitrogen and oxygen atoms in total. The maximum Gasteiger partial charge on any atom is 0.229 e. The van der Waals surface area contributed by atoms with Gasteiger partial charge in [-0.15, -0.1) is 0 Å². The number of halogens is 2. The number of likely N-dealkylation sites (N-methyl/N-ethyl adjacent to an activating group) is 1. The molecule has 6 fully saturated rings. The van der Waals surface area contributed by atoms with Gasteiger partial charge in [-0.3, -0.25) is 24.7 Å². The molecule has 7 atom stereocenters. The Morgan fingerprint density at radius 1 is 0.925 bits per heavy atom. The fraction of sp³-hybridized carbons (Fsp3) is 0.923. The van der Waals surface area contributed by atoms with E-state index in [0.717, 1.165) is 39.3 Å². The standard InChI is InChI=1S/C26H46F2N10O2/c1-34-14-18(15-34)35-6-8-37(9-7-35)26(40)16-2-4-36(5-3-16)22-19(28)11-30-12-20(22)32-25(39)21-23(29)33-38-13-17(27)10-31-24(21)38/h16-24,30-31,33H,2-15,29H2,1H3,(H,32,39). The Bertz CT molecular complexity index is 912. The minimum Gasteiger partial charge on any atom is -0.350 e. The van der Waals surface area contributed by atoms with Gasteiger partial charge in [0.05, 0.1) is 30.3 Å². The van der Waals surface area contributed by atoms with Gasteiger partial charge in [0.1, 0.15) is 12.3 Å². The number of amides is 2. The average molecular weight is 569 g/mol. The van der Waals surface area contributed by atoms with Crippen molar-refractivity contribution in [2.24, 2.45) is 17.6 Å². The van der Waals surface area contributed by atoms with E-state index in [-0.39, 0.29) is 37.4 Å². The van der Waals surface area contributed by atoms with Gasteiger partial charge in [-0.05, 0) is 33.0 Å².